The molecule has 1 heterocycles. The highest BCUT2D eigenvalue weighted by Crippen LogP contribution is 2.20. The van der Waals surface area contributed by atoms with E-state index in [9.17, 15) is 4.79 Å². The topological polar surface area (TPSA) is 41.6 Å². The average molecular weight is 262 g/mol. The summed E-state index contributed by atoms with van der Waals surface area (Å²) in [6.45, 7) is 2.85. The van der Waals surface area contributed by atoms with Crippen molar-refractivity contribution >= 4 is 6.03 Å². The largest absolute Gasteiger partial charge is 0.383 e. The molecule has 4 nitrogen and oxygen atoms in total. The van der Waals surface area contributed by atoms with Crippen molar-refractivity contribution in [3.05, 3.63) is 35.9 Å². The second-order valence-electron chi connectivity index (χ2n) is 5.02. The zero-order chi connectivity index (χ0) is 13.5. The molecule has 2 rings (SSSR count). The van der Waals surface area contributed by atoms with Gasteiger partial charge in [0.25, 0.3) is 0 Å². The summed E-state index contributed by atoms with van der Waals surface area (Å²) >= 11 is 0. The number of rotatable bonds is 5. The monoisotopic (exact) mass is 262 g/mol. The first-order valence-electron chi connectivity index (χ1n) is 6.85. The molecule has 0 spiro atoms. The molecule has 1 N–H and O–H groups in total. The van der Waals surface area contributed by atoms with Gasteiger partial charge in [0, 0.05) is 26.7 Å². The van der Waals surface area contributed by atoms with Crippen LogP contribution in [0.25, 0.3) is 0 Å². The van der Waals surface area contributed by atoms with Gasteiger partial charge in [-0.15, -0.1) is 0 Å². The number of carbonyl (C=O) groups excluding carboxylic acids is 1. The highest BCUT2D eigenvalue weighted by atomic mass is 16.5. The molecule has 4 heteroatoms. The van der Waals surface area contributed by atoms with Crippen LogP contribution in [0.3, 0.4) is 0 Å². The van der Waals surface area contributed by atoms with E-state index in [-0.39, 0.29) is 6.03 Å². The van der Waals surface area contributed by atoms with Crippen LogP contribution < -0.4 is 5.32 Å². The van der Waals surface area contributed by atoms with Gasteiger partial charge in [0.2, 0.25) is 0 Å². The number of likely N-dealkylation sites (tertiary alicyclic amines) is 1. The van der Waals surface area contributed by atoms with Crippen LogP contribution in [0.15, 0.2) is 30.3 Å². The zero-order valence-corrected chi connectivity index (χ0v) is 11.5. The van der Waals surface area contributed by atoms with E-state index in [1.807, 2.05) is 11.0 Å². The number of hydrogen-bond donors (Lipinski definition) is 1. The number of benzene rings is 1. The van der Waals surface area contributed by atoms with Crippen LogP contribution in [0.5, 0.6) is 0 Å². The lowest BCUT2D eigenvalue weighted by molar-refractivity contribution is 0.184. The maximum atomic E-state index is 11.9. The van der Waals surface area contributed by atoms with Gasteiger partial charge in [0.1, 0.15) is 0 Å². The molecule has 1 aromatic carbocycles. The van der Waals surface area contributed by atoms with Gasteiger partial charge in [-0.3, -0.25) is 0 Å². The maximum absolute atomic E-state index is 11.9. The number of hydrogen-bond acceptors (Lipinski definition) is 2. The van der Waals surface area contributed by atoms with E-state index in [1.165, 1.54) is 5.56 Å². The molecule has 1 aliphatic heterocycles. The third-order valence-electron chi connectivity index (χ3n) is 3.52. The molecule has 0 aromatic heterocycles. The molecule has 2 amide bonds. The summed E-state index contributed by atoms with van der Waals surface area (Å²) in [5.41, 5.74) is 1.36. The van der Waals surface area contributed by atoms with E-state index in [4.69, 9.17) is 4.74 Å². The molecule has 0 saturated carbocycles. The number of nitrogens with one attached hydrogen (secondary N) is 1. The van der Waals surface area contributed by atoms with Gasteiger partial charge in [-0.25, -0.2) is 4.79 Å². The second kappa shape index (κ2) is 7.14. The van der Waals surface area contributed by atoms with Crippen molar-refractivity contribution in [1.82, 2.24) is 10.2 Å². The number of methoxy groups -OCH3 is 1. The number of amides is 2. The Balaban J connectivity index is 1.75. The van der Waals surface area contributed by atoms with Gasteiger partial charge < -0.3 is 15.0 Å². The molecule has 19 heavy (non-hydrogen) atoms. The summed E-state index contributed by atoms with van der Waals surface area (Å²) in [6.07, 6.45) is 2.15. The summed E-state index contributed by atoms with van der Waals surface area (Å²) in [6, 6.07) is 10.5. The summed E-state index contributed by atoms with van der Waals surface area (Å²) in [4.78, 5) is 13.8. The van der Waals surface area contributed by atoms with E-state index in [0.29, 0.717) is 19.1 Å². The Bertz CT molecular complexity index is 394. The van der Waals surface area contributed by atoms with Crippen molar-refractivity contribution < 1.29 is 9.53 Å². The Morgan fingerprint density at radius 1 is 1.42 bits per heavy atom. The van der Waals surface area contributed by atoms with E-state index in [1.54, 1.807) is 7.11 Å². The van der Waals surface area contributed by atoms with Crippen molar-refractivity contribution in [2.75, 3.05) is 33.4 Å². The van der Waals surface area contributed by atoms with Gasteiger partial charge in [0.05, 0.1) is 6.61 Å². The molecule has 0 bridgehead atoms. The van der Waals surface area contributed by atoms with Crippen LogP contribution in [-0.2, 0) is 11.2 Å². The lowest BCUT2D eigenvalue weighted by atomic mass is 9.99. The molecular weight excluding hydrogens is 240 g/mol. The van der Waals surface area contributed by atoms with Crippen molar-refractivity contribution in [1.29, 1.82) is 0 Å². The summed E-state index contributed by atoms with van der Waals surface area (Å²) < 4.78 is 4.92. The first-order valence-corrected chi connectivity index (χ1v) is 6.85. The van der Waals surface area contributed by atoms with Gasteiger partial charge in [-0.2, -0.15) is 0 Å². The first kappa shape index (κ1) is 13.9. The minimum Gasteiger partial charge on any atom is -0.383 e. The van der Waals surface area contributed by atoms with Crippen LogP contribution in [0.4, 0.5) is 4.79 Å². The highest BCUT2D eigenvalue weighted by molar-refractivity contribution is 5.74. The minimum atomic E-state index is 0.0348. The smallest absolute Gasteiger partial charge is 0.317 e. The van der Waals surface area contributed by atoms with Crippen molar-refractivity contribution in [2.45, 2.75) is 12.8 Å². The third kappa shape index (κ3) is 4.24. The molecule has 1 aliphatic rings. The van der Waals surface area contributed by atoms with Gasteiger partial charge in [0.15, 0.2) is 0 Å². The number of ether oxygens (including phenoxy) is 1. The van der Waals surface area contributed by atoms with Crippen molar-refractivity contribution in [3.63, 3.8) is 0 Å². The van der Waals surface area contributed by atoms with Gasteiger partial charge >= 0.3 is 6.03 Å². The standard InChI is InChI=1S/C15H22N2O2/c1-19-10-8-16-15(18)17-9-7-14(12-17)11-13-5-3-2-4-6-13/h2-6,14H,7-12H2,1H3,(H,16,18)/t14-/m1/s1. The molecule has 0 aliphatic carbocycles. The quantitative estimate of drug-likeness (QED) is 0.824. The Hall–Kier alpha value is -1.55. The highest BCUT2D eigenvalue weighted by Gasteiger charge is 2.25. The van der Waals surface area contributed by atoms with Crippen LogP contribution in [0.2, 0.25) is 0 Å². The second-order valence-corrected chi connectivity index (χ2v) is 5.02. The van der Waals surface area contributed by atoms with E-state index >= 15 is 0 Å². The molecule has 1 aromatic rings. The van der Waals surface area contributed by atoms with Crippen molar-refractivity contribution in [2.24, 2.45) is 5.92 Å². The normalized spacial score (nSPS) is 18.6. The summed E-state index contributed by atoms with van der Waals surface area (Å²) in [5.74, 6) is 0.579. The van der Waals surface area contributed by atoms with Crippen LogP contribution in [-0.4, -0.2) is 44.3 Å². The van der Waals surface area contributed by atoms with E-state index in [0.717, 1.165) is 25.9 Å². The van der Waals surface area contributed by atoms with E-state index in [2.05, 4.69) is 29.6 Å². The molecule has 0 radical (unpaired) electrons. The Labute approximate surface area is 114 Å². The van der Waals surface area contributed by atoms with Crippen LogP contribution in [0.1, 0.15) is 12.0 Å². The fraction of sp³-hybridized carbons (Fsp3) is 0.533. The predicted octanol–water partition coefficient (Wildman–Crippen LogP) is 1.91. The molecular formula is C15H22N2O2. The molecule has 1 atom stereocenters. The Morgan fingerprint density at radius 2 is 2.21 bits per heavy atom. The first-order chi connectivity index (χ1) is 9.29. The fourth-order valence-corrected chi connectivity index (χ4v) is 2.50. The zero-order valence-electron chi connectivity index (χ0n) is 11.5. The Morgan fingerprint density at radius 3 is 2.95 bits per heavy atom. The third-order valence-corrected chi connectivity index (χ3v) is 3.52. The SMILES string of the molecule is COCCNC(=O)N1CC[C@H](Cc2ccccc2)C1. The minimum absolute atomic E-state index is 0.0348. The molecule has 104 valence electrons. The lowest BCUT2D eigenvalue weighted by Gasteiger charge is -2.17. The van der Waals surface area contributed by atoms with Gasteiger partial charge in [-0.05, 0) is 24.3 Å². The van der Waals surface area contributed by atoms with E-state index < -0.39 is 0 Å². The number of carbonyl (C=O) groups is 1. The fourth-order valence-electron chi connectivity index (χ4n) is 2.50. The molecule has 0 unspecified atom stereocenters. The van der Waals surface area contributed by atoms with Crippen LogP contribution in [0, 0.1) is 5.92 Å². The lowest BCUT2D eigenvalue weighted by Crippen LogP contribution is -2.39. The maximum Gasteiger partial charge on any atom is 0.317 e. The number of nitrogens with zero attached hydrogens (tertiary/aromatic N) is 1. The number of urea groups is 1. The average Bonchev–Trinajstić information content (AvgIpc) is 2.89. The summed E-state index contributed by atoms with van der Waals surface area (Å²) in [5, 5.41) is 2.87. The Kier molecular flexibility index (Phi) is 5.21. The molecule has 1 fully saturated rings. The molecule has 1 saturated heterocycles. The van der Waals surface area contributed by atoms with Crippen molar-refractivity contribution in [3.8, 4) is 0 Å². The van der Waals surface area contributed by atoms with Gasteiger partial charge in [-0.1, -0.05) is 30.3 Å². The van der Waals surface area contributed by atoms with Crippen LogP contribution >= 0.6 is 0 Å². The summed E-state index contributed by atoms with van der Waals surface area (Å²) in [7, 11) is 1.64. The predicted molar refractivity (Wildman–Crippen MR) is 75.1 cm³/mol.